The molecular weight excluding hydrogens is 849 g/mol. The Morgan fingerprint density at radius 2 is 1.78 bits per heavy atom. The lowest BCUT2D eigenvalue weighted by atomic mass is 10.0. The molecule has 2 aromatic heterocycles. The van der Waals surface area contributed by atoms with E-state index in [0.717, 1.165) is 77.2 Å². The van der Waals surface area contributed by atoms with E-state index in [-0.39, 0.29) is 30.8 Å². The van der Waals surface area contributed by atoms with Gasteiger partial charge in [0.1, 0.15) is 29.3 Å². The van der Waals surface area contributed by atoms with Crippen LogP contribution in [0.5, 0.6) is 6.01 Å². The van der Waals surface area contributed by atoms with Crippen molar-refractivity contribution in [3.05, 3.63) is 35.7 Å². The number of rotatable bonds is 18. The molecule has 1 saturated carbocycles. The number of unbranched alkanes of at least 4 members (excludes halogenated alkanes) is 3. The highest BCUT2D eigenvalue weighted by Gasteiger charge is 2.44. The van der Waals surface area contributed by atoms with Crippen LogP contribution in [0.4, 0.5) is 9.93 Å². The molecule has 2 saturated heterocycles. The third-order valence-electron chi connectivity index (χ3n) is 11.5. The highest BCUT2D eigenvalue weighted by atomic mass is 32.2. The monoisotopic (exact) mass is 912 g/mol. The highest BCUT2D eigenvalue weighted by molar-refractivity contribution is 7.87. The number of hydrogen-bond acceptors (Lipinski definition) is 13. The van der Waals surface area contributed by atoms with Crippen molar-refractivity contribution < 1.29 is 37.1 Å². The minimum absolute atomic E-state index is 0.0138. The topological polar surface area (TPSA) is 215 Å². The first kappa shape index (κ1) is 47.7. The fraction of sp³-hybridized carbons (Fsp3) is 0.628. The second-order valence-corrected chi connectivity index (χ2v) is 21.0. The molecule has 1 unspecified atom stereocenters. The lowest BCUT2D eigenvalue weighted by Crippen LogP contribution is -2.53. The smallest absolute Gasteiger partial charge is 0.408 e. The number of nitrogens with zero attached hydrogens (tertiary/aromatic N) is 7. The van der Waals surface area contributed by atoms with E-state index in [1.165, 1.54) is 19.0 Å². The number of piperazine rings is 1. The first-order valence-electron chi connectivity index (χ1n) is 21.8. The molecule has 0 spiro atoms. The Hall–Kier alpha value is -4.79. The number of imidazole rings is 1. The van der Waals surface area contributed by atoms with E-state index in [0.29, 0.717) is 25.3 Å². The van der Waals surface area contributed by atoms with Gasteiger partial charge in [-0.1, -0.05) is 37.1 Å². The van der Waals surface area contributed by atoms with Crippen LogP contribution in [0.2, 0.25) is 0 Å². The van der Waals surface area contributed by atoms with Gasteiger partial charge in [0.2, 0.25) is 17.7 Å². The van der Waals surface area contributed by atoms with Crippen molar-refractivity contribution >= 4 is 61.5 Å². The van der Waals surface area contributed by atoms with E-state index < -0.39 is 57.8 Å². The average Bonchev–Trinajstić information content (AvgIpc) is 3.48. The molecule has 0 bridgehead atoms. The zero-order valence-corrected chi connectivity index (χ0v) is 39.3. The summed E-state index contributed by atoms with van der Waals surface area (Å²) in [6, 6.07) is 4.36. The lowest BCUT2D eigenvalue weighted by Gasteiger charge is -2.32. The second-order valence-electron chi connectivity index (χ2n) is 18.2. The Morgan fingerprint density at radius 1 is 1.05 bits per heavy atom. The van der Waals surface area contributed by atoms with Crippen LogP contribution in [0.3, 0.4) is 0 Å². The summed E-state index contributed by atoms with van der Waals surface area (Å²) in [6.07, 6.45) is 6.42. The predicted molar refractivity (Wildman–Crippen MR) is 242 cm³/mol. The largest absolute Gasteiger partial charge is 0.459 e. The fourth-order valence-electron chi connectivity index (χ4n) is 7.95. The number of likely N-dealkylation sites (tertiary alicyclic amines) is 1. The van der Waals surface area contributed by atoms with Crippen LogP contribution in [0, 0.1) is 11.8 Å². The summed E-state index contributed by atoms with van der Waals surface area (Å²) >= 11 is 1.62. The predicted octanol–water partition coefficient (Wildman–Crippen LogP) is 4.28. The van der Waals surface area contributed by atoms with Gasteiger partial charge in [0.05, 0.1) is 17.8 Å². The number of likely N-dealkylation sites (N-methyl/N-ethyl adjacent to an activating group) is 1. The third kappa shape index (κ3) is 12.1. The van der Waals surface area contributed by atoms with E-state index >= 15 is 0 Å². The van der Waals surface area contributed by atoms with Gasteiger partial charge in [-0.05, 0) is 79.3 Å². The molecule has 18 nitrogen and oxygen atoms in total. The Kier molecular flexibility index (Phi) is 15.1. The zero-order chi connectivity index (χ0) is 45.8. The van der Waals surface area contributed by atoms with Gasteiger partial charge >= 0.3 is 16.3 Å². The van der Waals surface area contributed by atoms with Gasteiger partial charge in [0.15, 0.2) is 5.13 Å². The summed E-state index contributed by atoms with van der Waals surface area (Å²) < 4.78 is 41.2. The van der Waals surface area contributed by atoms with Gasteiger partial charge in [0, 0.05) is 69.6 Å². The van der Waals surface area contributed by atoms with Crippen LogP contribution in [-0.2, 0) is 29.3 Å². The van der Waals surface area contributed by atoms with Crippen LogP contribution >= 0.6 is 11.3 Å². The number of anilines is 1. The number of amides is 4. The van der Waals surface area contributed by atoms with Crippen molar-refractivity contribution in [1.29, 1.82) is 0 Å². The molecule has 3 aromatic rings. The Bertz CT molecular complexity index is 2260. The molecule has 2 aliphatic heterocycles. The summed E-state index contributed by atoms with van der Waals surface area (Å²) in [5.74, 6) is -2.02. The number of thiazole rings is 1. The molecule has 346 valence electrons. The molecule has 4 amide bonds. The van der Waals surface area contributed by atoms with Crippen LogP contribution in [0.1, 0.15) is 85.6 Å². The van der Waals surface area contributed by atoms with Gasteiger partial charge in [-0.25, -0.2) is 14.5 Å². The van der Waals surface area contributed by atoms with Gasteiger partial charge in [-0.3, -0.25) is 19.0 Å². The zero-order valence-electron chi connectivity index (χ0n) is 37.7. The Labute approximate surface area is 374 Å². The number of para-hydroxylation sites is 1. The number of nitrogens with two attached hydrogens (primary N) is 1. The van der Waals surface area contributed by atoms with Gasteiger partial charge in [-0.2, -0.15) is 17.7 Å². The third-order valence-corrected chi connectivity index (χ3v) is 13.8. The van der Waals surface area contributed by atoms with Crippen LogP contribution in [0.15, 0.2) is 35.7 Å². The molecular formula is C43H64N10O8S2. The lowest BCUT2D eigenvalue weighted by molar-refractivity contribution is -0.139. The molecule has 20 heteroatoms. The Morgan fingerprint density at radius 3 is 2.44 bits per heavy atom. The van der Waals surface area contributed by atoms with Gasteiger partial charge in [-0.15, -0.1) is 11.3 Å². The van der Waals surface area contributed by atoms with Crippen molar-refractivity contribution in [2.45, 2.75) is 109 Å². The number of alkyl carbamates (subject to hydrolysis) is 1. The molecule has 5 atom stereocenters. The maximum Gasteiger partial charge on any atom is 0.408 e. The summed E-state index contributed by atoms with van der Waals surface area (Å²) in [4.78, 5) is 68.7. The van der Waals surface area contributed by atoms with E-state index in [1.54, 1.807) is 32.1 Å². The number of carbonyl (C=O) groups excluding carboxylic acids is 4. The van der Waals surface area contributed by atoms with Crippen LogP contribution in [0.25, 0.3) is 22.3 Å². The number of hydrogen-bond donors (Lipinski definition) is 3. The average molecular weight is 913 g/mol. The SMILES string of the molecule is CC(C)n1c(OC2C[C@@H](C(N)=O)N(C(=O)[C@H](CCCCC/C=C\[C@@H]3C[C@@H]3C(=O)NS(=O)(=O)N(C)C)NC(=O)OC(C)(C)C)C2)nc2c(-c3csc(N4CCN(C)CC4)n3)cccc21. The minimum atomic E-state index is -3.83. The highest BCUT2D eigenvalue weighted by Crippen LogP contribution is 2.40. The van der Waals surface area contributed by atoms with E-state index in [9.17, 15) is 27.6 Å². The number of allylic oxidation sites excluding steroid dienone is 2. The normalized spacial score (nSPS) is 21.4. The molecule has 1 aromatic carbocycles. The molecule has 0 radical (unpaired) electrons. The van der Waals surface area contributed by atoms with Crippen molar-refractivity contribution in [3.8, 4) is 17.3 Å². The van der Waals surface area contributed by atoms with E-state index in [2.05, 4.69) is 32.3 Å². The van der Waals surface area contributed by atoms with Crippen LogP contribution in [-0.4, -0.2) is 139 Å². The molecule has 6 rings (SSSR count). The molecule has 3 aliphatic rings. The van der Waals surface area contributed by atoms with Crippen molar-refractivity contribution in [2.24, 2.45) is 17.6 Å². The summed E-state index contributed by atoms with van der Waals surface area (Å²) in [5, 5.41) is 5.80. The van der Waals surface area contributed by atoms with Crippen molar-refractivity contribution in [3.63, 3.8) is 0 Å². The maximum absolute atomic E-state index is 14.3. The number of nitrogens with one attached hydrogen (secondary N) is 2. The number of aromatic nitrogens is 3. The van der Waals surface area contributed by atoms with Crippen molar-refractivity contribution in [2.75, 3.05) is 58.8 Å². The first-order valence-corrected chi connectivity index (χ1v) is 24.1. The van der Waals surface area contributed by atoms with Gasteiger partial charge in [0.25, 0.3) is 6.01 Å². The summed E-state index contributed by atoms with van der Waals surface area (Å²) in [7, 11) is 1.01. The second kappa shape index (κ2) is 19.9. The molecule has 4 heterocycles. The number of primary amides is 1. The summed E-state index contributed by atoms with van der Waals surface area (Å²) in [6.45, 7) is 13.1. The molecule has 4 N–H and O–H groups in total. The minimum Gasteiger partial charge on any atom is -0.459 e. The number of carbonyl (C=O) groups is 4. The molecule has 63 heavy (non-hydrogen) atoms. The Balaban J connectivity index is 1.11. The molecule has 3 fully saturated rings. The van der Waals surface area contributed by atoms with E-state index in [1.807, 2.05) is 48.8 Å². The number of benzene rings is 1. The fourth-order valence-corrected chi connectivity index (χ4v) is 9.42. The van der Waals surface area contributed by atoms with Crippen molar-refractivity contribution in [1.82, 2.24) is 38.7 Å². The number of fused-ring (bicyclic) bond motifs is 1. The van der Waals surface area contributed by atoms with Crippen LogP contribution < -0.4 is 25.4 Å². The summed E-state index contributed by atoms with van der Waals surface area (Å²) in [5.41, 5.74) is 8.45. The quantitative estimate of drug-likeness (QED) is 0.121. The number of ether oxygens (including phenoxy) is 2. The van der Waals surface area contributed by atoms with E-state index in [4.69, 9.17) is 25.2 Å². The molecule has 1 aliphatic carbocycles. The standard InChI is InChI=1S/C43H64N10O8S2/c1-27(2)53-34-18-14-16-30(33-26-62-41(45-33)51-21-19-50(8)20-22-51)36(34)47-40(53)60-29-24-35(37(44)54)52(25-29)39(56)32(46-42(57)61-43(3,4)5)17-13-11-9-10-12-15-28-23-31(28)38(55)48-63(58,59)49(6)7/h12,14-16,18,26-29,31-32,35H,9-11,13,17,19-25H2,1-8H3,(H2,44,54)(H,46,57)(H,48,55)/b15-12-/t28-,29?,31+,32+,35+/m1/s1. The van der Waals surface area contributed by atoms with Gasteiger partial charge < -0.3 is 35.2 Å². The first-order chi connectivity index (χ1) is 29.7. The maximum atomic E-state index is 14.3.